The molecule has 0 aliphatic carbocycles. The Kier molecular flexibility index (Phi) is 7.46. The van der Waals surface area contributed by atoms with E-state index in [2.05, 4.69) is 14.8 Å². The summed E-state index contributed by atoms with van der Waals surface area (Å²) in [4.78, 5) is 38.7. The van der Waals surface area contributed by atoms with E-state index in [1.165, 1.54) is 30.8 Å². The molecule has 0 fully saturated rings. The lowest BCUT2D eigenvalue weighted by molar-refractivity contribution is -0.157. The summed E-state index contributed by atoms with van der Waals surface area (Å²) in [5, 5.41) is 0.453. The molecule has 3 heterocycles. The van der Waals surface area contributed by atoms with E-state index >= 15 is 0 Å². The zero-order valence-corrected chi connectivity index (χ0v) is 21.5. The molecule has 0 saturated heterocycles. The molecule has 12 heteroatoms. The summed E-state index contributed by atoms with van der Waals surface area (Å²) in [5.74, 6) is 0.831. The van der Waals surface area contributed by atoms with Crippen molar-refractivity contribution in [2.45, 2.75) is 26.0 Å². The zero-order chi connectivity index (χ0) is 25.2. The fraction of sp³-hybridized carbons (Fsp3) is 0.304. The van der Waals surface area contributed by atoms with E-state index in [9.17, 15) is 9.59 Å². The first-order valence-corrected chi connectivity index (χ1v) is 12.1. The number of thiophene rings is 1. The number of carbonyl (C=O) groups excluding carboxylic acids is 2. The van der Waals surface area contributed by atoms with Crippen LogP contribution < -0.4 is 19.2 Å². The first kappa shape index (κ1) is 25.2. The zero-order valence-electron chi connectivity index (χ0n) is 19.1. The first-order valence-electron chi connectivity index (χ1n) is 10.5. The third kappa shape index (κ3) is 5.67. The maximum absolute atomic E-state index is 13.1. The number of carbonyl (C=O) groups is 2. The summed E-state index contributed by atoms with van der Waals surface area (Å²) in [6.45, 7) is 3.84. The first-order chi connectivity index (χ1) is 16.7. The SMILES string of the molecule is COc1cc(N2Cc3cc(-c4ncc(Cl)cn4)sc3C2=O)ccc1OCC(C)(C)OC(=O)CNCl. The van der Waals surface area contributed by atoms with Crippen molar-refractivity contribution in [2.75, 3.05) is 25.2 Å². The van der Waals surface area contributed by atoms with Crippen LogP contribution in [-0.2, 0) is 16.1 Å². The van der Waals surface area contributed by atoms with Crippen molar-refractivity contribution in [2.24, 2.45) is 0 Å². The van der Waals surface area contributed by atoms with Gasteiger partial charge in [-0.1, -0.05) is 11.6 Å². The van der Waals surface area contributed by atoms with Crippen LogP contribution in [0.2, 0.25) is 5.02 Å². The molecule has 1 N–H and O–H groups in total. The van der Waals surface area contributed by atoms with Gasteiger partial charge in [0, 0.05) is 24.1 Å². The van der Waals surface area contributed by atoms with E-state index in [0.29, 0.717) is 39.5 Å². The van der Waals surface area contributed by atoms with Crippen LogP contribution in [0.25, 0.3) is 10.7 Å². The third-order valence-corrected chi connectivity index (χ3v) is 6.54. The normalized spacial score (nSPS) is 13.1. The summed E-state index contributed by atoms with van der Waals surface area (Å²) in [6, 6.07) is 7.17. The van der Waals surface area contributed by atoms with E-state index in [4.69, 9.17) is 37.6 Å². The maximum Gasteiger partial charge on any atom is 0.321 e. The van der Waals surface area contributed by atoms with E-state index in [0.717, 1.165) is 10.4 Å². The highest BCUT2D eigenvalue weighted by Crippen LogP contribution is 2.40. The molecule has 1 aliphatic rings. The minimum Gasteiger partial charge on any atom is -0.493 e. The molecular formula is C23H22Cl2N4O5S. The number of fused-ring (bicyclic) bond motifs is 1. The van der Waals surface area contributed by atoms with Crippen LogP contribution >= 0.6 is 34.7 Å². The average Bonchev–Trinajstić information content (AvgIpc) is 3.37. The van der Waals surface area contributed by atoms with Crippen LogP contribution in [0.15, 0.2) is 36.7 Å². The third-order valence-electron chi connectivity index (χ3n) is 5.05. The summed E-state index contributed by atoms with van der Waals surface area (Å²) >= 11 is 12.6. The van der Waals surface area contributed by atoms with E-state index < -0.39 is 11.6 Å². The number of nitrogens with zero attached hydrogens (tertiary/aromatic N) is 3. The molecule has 0 bridgehead atoms. The lowest BCUT2D eigenvalue weighted by Gasteiger charge is -2.26. The van der Waals surface area contributed by atoms with Gasteiger partial charge in [0.15, 0.2) is 17.3 Å². The molecule has 3 aromatic rings. The van der Waals surface area contributed by atoms with Gasteiger partial charge in [0.1, 0.15) is 18.8 Å². The lowest BCUT2D eigenvalue weighted by atomic mass is 10.1. The van der Waals surface area contributed by atoms with Gasteiger partial charge in [-0.05, 0) is 49.4 Å². The number of nitrogens with one attached hydrogen (secondary N) is 1. The molecule has 2 aromatic heterocycles. The van der Waals surface area contributed by atoms with E-state index in [-0.39, 0.29) is 19.1 Å². The molecule has 0 atom stereocenters. The van der Waals surface area contributed by atoms with Crippen molar-refractivity contribution in [3.05, 3.63) is 52.1 Å². The number of amides is 1. The highest BCUT2D eigenvalue weighted by atomic mass is 35.5. The number of anilines is 1. The van der Waals surface area contributed by atoms with Gasteiger partial charge in [-0.25, -0.2) is 14.8 Å². The predicted octanol–water partition coefficient (Wildman–Crippen LogP) is 4.47. The van der Waals surface area contributed by atoms with Crippen LogP contribution in [0, 0.1) is 0 Å². The van der Waals surface area contributed by atoms with E-state index in [1.807, 2.05) is 6.07 Å². The van der Waals surface area contributed by atoms with E-state index in [1.54, 1.807) is 36.9 Å². The highest BCUT2D eigenvalue weighted by Gasteiger charge is 2.32. The van der Waals surface area contributed by atoms with Crippen LogP contribution in [0.1, 0.15) is 29.1 Å². The fourth-order valence-electron chi connectivity index (χ4n) is 3.47. The number of benzene rings is 1. The van der Waals surface area contributed by atoms with Gasteiger partial charge in [0.2, 0.25) is 0 Å². The summed E-state index contributed by atoms with van der Waals surface area (Å²) in [5.41, 5.74) is 0.688. The molecule has 9 nitrogen and oxygen atoms in total. The molecule has 35 heavy (non-hydrogen) atoms. The summed E-state index contributed by atoms with van der Waals surface area (Å²) in [6.07, 6.45) is 3.06. The smallest absolute Gasteiger partial charge is 0.321 e. The monoisotopic (exact) mass is 536 g/mol. The topological polar surface area (TPSA) is 103 Å². The molecule has 1 aliphatic heterocycles. The van der Waals surface area contributed by atoms with Crippen LogP contribution in [-0.4, -0.2) is 47.7 Å². The van der Waals surface area contributed by atoms with Crippen molar-refractivity contribution < 1.29 is 23.8 Å². The molecule has 184 valence electrons. The Bertz CT molecular complexity index is 1250. The van der Waals surface area contributed by atoms with Gasteiger partial charge in [-0.3, -0.25) is 9.59 Å². The second-order valence-corrected chi connectivity index (χ2v) is 10.0. The standard InChI is InChI=1S/C23H22Cl2N4O5S/c1-23(2,34-19(30)10-28-25)12-33-16-5-4-15(7-17(16)32-3)29-11-13-6-18(35-20(13)22(29)31)21-26-8-14(24)9-27-21/h4-9,28H,10-12H2,1-3H3. The molecule has 1 aromatic carbocycles. The number of aromatic nitrogens is 2. The fourth-order valence-corrected chi connectivity index (χ4v) is 4.75. The molecule has 0 unspecified atom stereocenters. The highest BCUT2D eigenvalue weighted by molar-refractivity contribution is 7.17. The van der Waals surface area contributed by atoms with Crippen molar-refractivity contribution >= 4 is 52.3 Å². The van der Waals surface area contributed by atoms with Gasteiger partial charge in [-0.15, -0.1) is 11.3 Å². The van der Waals surface area contributed by atoms with Gasteiger partial charge in [0.05, 0.1) is 28.4 Å². The number of esters is 1. The lowest BCUT2D eigenvalue weighted by Crippen LogP contribution is -2.37. The van der Waals surface area contributed by atoms with Gasteiger partial charge in [-0.2, -0.15) is 0 Å². The van der Waals surface area contributed by atoms with Gasteiger partial charge >= 0.3 is 5.97 Å². The van der Waals surface area contributed by atoms with Crippen LogP contribution in [0.5, 0.6) is 11.5 Å². The van der Waals surface area contributed by atoms with Gasteiger partial charge in [0.25, 0.3) is 5.91 Å². The Morgan fingerprint density at radius 1 is 1.23 bits per heavy atom. The average molecular weight is 537 g/mol. The predicted molar refractivity (Wildman–Crippen MR) is 133 cm³/mol. The Morgan fingerprint density at radius 2 is 1.97 bits per heavy atom. The number of hydrogen-bond acceptors (Lipinski definition) is 9. The second kappa shape index (κ2) is 10.4. The van der Waals surface area contributed by atoms with Crippen molar-refractivity contribution in [3.63, 3.8) is 0 Å². The Hall–Kier alpha value is -2.92. The molecular weight excluding hydrogens is 515 g/mol. The number of halogens is 2. The van der Waals surface area contributed by atoms with Crippen LogP contribution in [0.4, 0.5) is 5.69 Å². The minimum absolute atomic E-state index is 0.0895. The number of hydrogen-bond donors (Lipinski definition) is 1. The maximum atomic E-state index is 13.1. The van der Waals surface area contributed by atoms with Gasteiger partial charge < -0.3 is 19.1 Å². The Labute approximate surface area is 216 Å². The summed E-state index contributed by atoms with van der Waals surface area (Å²) < 4.78 is 16.7. The Balaban J connectivity index is 1.46. The van der Waals surface area contributed by atoms with Crippen molar-refractivity contribution in [1.82, 2.24) is 14.8 Å². The van der Waals surface area contributed by atoms with Crippen LogP contribution in [0.3, 0.4) is 0 Å². The molecule has 0 radical (unpaired) electrons. The number of ether oxygens (including phenoxy) is 3. The number of methoxy groups -OCH3 is 1. The molecule has 4 rings (SSSR count). The largest absolute Gasteiger partial charge is 0.493 e. The second-order valence-electron chi connectivity index (χ2n) is 8.25. The Morgan fingerprint density at radius 3 is 2.63 bits per heavy atom. The van der Waals surface area contributed by atoms with Crippen molar-refractivity contribution in [3.8, 4) is 22.2 Å². The van der Waals surface area contributed by atoms with Crippen molar-refractivity contribution in [1.29, 1.82) is 0 Å². The molecule has 1 amide bonds. The minimum atomic E-state index is -0.890. The summed E-state index contributed by atoms with van der Waals surface area (Å²) in [7, 11) is 1.52. The quantitative estimate of drug-likeness (QED) is 0.315. The molecule has 0 spiro atoms. The molecule has 0 saturated carbocycles. The number of rotatable bonds is 9.